The first kappa shape index (κ1) is 26.0. The van der Waals surface area contributed by atoms with Crippen LogP contribution in [-0.4, -0.2) is 83.8 Å². The fourth-order valence-corrected chi connectivity index (χ4v) is 5.18. The van der Waals surface area contributed by atoms with Gasteiger partial charge in [0.2, 0.25) is 17.3 Å². The summed E-state index contributed by atoms with van der Waals surface area (Å²) < 4.78 is 10.6. The second kappa shape index (κ2) is 9.23. The lowest BCUT2D eigenvalue weighted by Gasteiger charge is -2.48. The number of ether oxygens (including phenoxy) is 2. The molecule has 2 fully saturated rings. The van der Waals surface area contributed by atoms with Crippen LogP contribution in [-0.2, 0) is 30.3 Å². The molecule has 2 bridgehead atoms. The highest BCUT2D eigenvalue weighted by molar-refractivity contribution is 5.97. The predicted molar refractivity (Wildman–Crippen MR) is 114 cm³/mol. The lowest BCUT2D eigenvalue weighted by atomic mass is 9.74. The molecule has 188 valence electrons. The number of hydrogen-bond acceptors (Lipinski definition) is 8. The van der Waals surface area contributed by atoms with E-state index in [0.717, 1.165) is 18.4 Å². The molecule has 3 rings (SSSR count). The molecule has 8 unspecified atom stereocenters. The molecule has 0 spiro atoms. The predicted octanol–water partition coefficient (Wildman–Crippen LogP) is 0.242. The van der Waals surface area contributed by atoms with Gasteiger partial charge in [0.15, 0.2) is 5.79 Å². The van der Waals surface area contributed by atoms with E-state index in [-0.39, 0.29) is 24.7 Å². The third kappa shape index (κ3) is 3.97. The number of rotatable bonds is 10. The van der Waals surface area contributed by atoms with Gasteiger partial charge in [0, 0.05) is 6.42 Å². The standard InChI is InChI=1S/C23H30O11/c1-12(10-13(2)11-14-6-4-3-5-7-14)8-9-21-15(24)16(25)23(34-21,20(30)31)22(32,19(28)29)17(33-21)18(26)27/h3-7,12-13,15-17,24-25,32H,8-11H2,1-2H3,(H,26,27)(H,28,29)(H,30,31). The van der Waals surface area contributed by atoms with Gasteiger partial charge in [-0.1, -0.05) is 44.2 Å². The molecule has 0 aliphatic carbocycles. The Morgan fingerprint density at radius 3 is 2.12 bits per heavy atom. The van der Waals surface area contributed by atoms with Crippen molar-refractivity contribution >= 4 is 17.9 Å². The van der Waals surface area contributed by atoms with Gasteiger partial charge < -0.3 is 40.1 Å². The number of aliphatic hydroxyl groups is 3. The summed E-state index contributed by atoms with van der Waals surface area (Å²) in [4.78, 5) is 35.8. The van der Waals surface area contributed by atoms with Crippen LogP contribution in [0.2, 0.25) is 0 Å². The molecule has 1 aromatic rings. The van der Waals surface area contributed by atoms with Crippen molar-refractivity contribution in [1.82, 2.24) is 0 Å². The van der Waals surface area contributed by atoms with Gasteiger partial charge in [-0.2, -0.15) is 0 Å². The molecular weight excluding hydrogens is 452 g/mol. The van der Waals surface area contributed by atoms with Gasteiger partial charge in [0.05, 0.1) is 0 Å². The zero-order valence-corrected chi connectivity index (χ0v) is 18.8. The van der Waals surface area contributed by atoms with Crippen molar-refractivity contribution in [2.24, 2.45) is 11.8 Å². The van der Waals surface area contributed by atoms with E-state index >= 15 is 0 Å². The molecular formula is C23H30O11. The van der Waals surface area contributed by atoms with E-state index in [2.05, 4.69) is 6.92 Å². The minimum absolute atomic E-state index is 0.00646. The van der Waals surface area contributed by atoms with Crippen LogP contribution in [0.1, 0.15) is 38.7 Å². The number of carbonyl (C=O) groups is 3. The van der Waals surface area contributed by atoms with Crippen molar-refractivity contribution in [3.8, 4) is 0 Å². The van der Waals surface area contributed by atoms with Crippen LogP contribution in [0.5, 0.6) is 0 Å². The normalized spacial score (nSPS) is 36.6. The number of fused-ring (bicyclic) bond motifs is 2. The van der Waals surface area contributed by atoms with Gasteiger partial charge >= 0.3 is 17.9 Å². The summed E-state index contributed by atoms with van der Waals surface area (Å²) in [5.74, 6) is -8.47. The van der Waals surface area contributed by atoms with Crippen LogP contribution in [0.3, 0.4) is 0 Å². The molecule has 0 amide bonds. The number of aliphatic carboxylic acids is 3. The molecule has 6 N–H and O–H groups in total. The lowest BCUT2D eigenvalue weighted by molar-refractivity contribution is -0.374. The van der Waals surface area contributed by atoms with Crippen molar-refractivity contribution in [3.05, 3.63) is 35.9 Å². The first-order valence-electron chi connectivity index (χ1n) is 11.0. The van der Waals surface area contributed by atoms with Gasteiger partial charge in [-0.25, -0.2) is 14.4 Å². The highest BCUT2D eigenvalue weighted by Gasteiger charge is 2.84. The van der Waals surface area contributed by atoms with E-state index in [1.54, 1.807) is 0 Å². The molecule has 0 radical (unpaired) electrons. The second-order valence-corrected chi connectivity index (χ2v) is 9.43. The van der Waals surface area contributed by atoms with Crippen LogP contribution in [0, 0.1) is 11.8 Å². The molecule has 11 heteroatoms. The summed E-state index contributed by atoms with van der Waals surface area (Å²) in [6.45, 7) is 3.97. The average Bonchev–Trinajstić information content (AvgIpc) is 2.96. The first-order chi connectivity index (χ1) is 15.8. The molecule has 2 aliphatic heterocycles. The van der Waals surface area contributed by atoms with Crippen molar-refractivity contribution in [3.63, 3.8) is 0 Å². The van der Waals surface area contributed by atoms with E-state index in [4.69, 9.17) is 9.47 Å². The topological polar surface area (TPSA) is 191 Å². The molecule has 1 aromatic carbocycles. The highest BCUT2D eigenvalue weighted by atomic mass is 16.8. The Balaban J connectivity index is 1.82. The minimum atomic E-state index is -3.71. The molecule has 2 heterocycles. The Labute approximate surface area is 195 Å². The zero-order chi connectivity index (χ0) is 25.5. The molecule has 8 atom stereocenters. The van der Waals surface area contributed by atoms with Gasteiger partial charge in [-0.15, -0.1) is 0 Å². The fraction of sp³-hybridized carbons (Fsp3) is 0.609. The summed E-state index contributed by atoms with van der Waals surface area (Å²) in [6.07, 6.45) is -5.62. The van der Waals surface area contributed by atoms with E-state index in [1.165, 1.54) is 0 Å². The Bertz CT molecular complexity index is 936. The van der Waals surface area contributed by atoms with Crippen LogP contribution in [0.25, 0.3) is 0 Å². The van der Waals surface area contributed by atoms with Crippen LogP contribution in [0.15, 0.2) is 30.3 Å². The molecule has 0 saturated carbocycles. The van der Waals surface area contributed by atoms with E-state index in [9.17, 15) is 45.0 Å². The molecule has 0 aromatic heterocycles. The highest BCUT2D eigenvalue weighted by Crippen LogP contribution is 2.54. The van der Waals surface area contributed by atoms with Crippen molar-refractivity contribution < 1.29 is 54.5 Å². The Kier molecular flexibility index (Phi) is 7.07. The smallest absolute Gasteiger partial charge is 0.343 e. The quantitative estimate of drug-likeness (QED) is 0.268. The van der Waals surface area contributed by atoms with Crippen LogP contribution in [0.4, 0.5) is 0 Å². The summed E-state index contributed by atoms with van der Waals surface area (Å²) in [5.41, 5.74) is -5.90. The van der Waals surface area contributed by atoms with Gasteiger partial charge in [-0.05, 0) is 36.7 Å². The summed E-state index contributed by atoms with van der Waals surface area (Å²) >= 11 is 0. The Hall–Kier alpha value is -2.57. The van der Waals surface area contributed by atoms with Gasteiger partial charge in [-0.3, -0.25) is 0 Å². The maximum atomic E-state index is 12.1. The Morgan fingerprint density at radius 2 is 1.59 bits per heavy atom. The average molecular weight is 482 g/mol. The van der Waals surface area contributed by atoms with Crippen molar-refractivity contribution in [1.29, 1.82) is 0 Å². The van der Waals surface area contributed by atoms with E-state index < -0.39 is 53.2 Å². The fourth-order valence-electron chi connectivity index (χ4n) is 5.18. The summed E-state index contributed by atoms with van der Waals surface area (Å²) in [5, 5.41) is 60.8. The van der Waals surface area contributed by atoms with Gasteiger partial charge in [0.1, 0.15) is 12.2 Å². The SMILES string of the molecule is CC(CCC12OC(C(=O)O)C(O)(C(=O)O)C(C(=O)O)(O1)C(O)C2O)CC(C)Cc1ccccc1. The molecule has 11 nitrogen and oxygen atoms in total. The Morgan fingerprint density at radius 1 is 0.971 bits per heavy atom. The lowest BCUT2D eigenvalue weighted by Crippen LogP contribution is -2.77. The van der Waals surface area contributed by atoms with Crippen LogP contribution >= 0.6 is 0 Å². The largest absolute Gasteiger partial charge is 0.479 e. The number of hydrogen-bond donors (Lipinski definition) is 6. The monoisotopic (exact) mass is 482 g/mol. The maximum absolute atomic E-state index is 12.1. The van der Waals surface area contributed by atoms with E-state index in [1.807, 2.05) is 37.3 Å². The number of aliphatic hydroxyl groups excluding tert-OH is 2. The molecule has 2 aliphatic rings. The van der Waals surface area contributed by atoms with Crippen LogP contribution < -0.4 is 0 Å². The van der Waals surface area contributed by atoms with Crippen molar-refractivity contribution in [2.45, 2.75) is 74.8 Å². The second-order valence-electron chi connectivity index (χ2n) is 9.43. The molecule has 34 heavy (non-hydrogen) atoms. The first-order valence-corrected chi connectivity index (χ1v) is 11.0. The zero-order valence-electron chi connectivity index (χ0n) is 18.8. The number of benzene rings is 1. The summed E-state index contributed by atoms with van der Waals surface area (Å²) in [7, 11) is 0. The van der Waals surface area contributed by atoms with Crippen molar-refractivity contribution in [2.75, 3.05) is 0 Å². The van der Waals surface area contributed by atoms with Gasteiger partial charge in [0.25, 0.3) is 0 Å². The summed E-state index contributed by atoms with van der Waals surface area (Å²) in [6, 6.07) is 9.85. The minimum Gasteiger partial charge on any atom is -0.479 e. The van der Waals surface area contributed by atoms with E-state index in [0.29, 0.717) is 0 Å². The molecule has 2 saturated heterocycles. The maximum Gasteiger partial charge on any atom is 0.343 e. The third-order valence-corrected chi connectivity index (χ3v) is 6.85. The third-order valence-electron chi connectivity index (χ3n) is 6.85. The number of carboxylic acids is 3. The number of carboxylic acid groups (broad SMARTS) is 3.